The third-order valence-electron chi connectivity index (χ3n) is 4.30. The van der Waals surface area contributed by atoms with Gasteiger partial charge in [0, 0.05) is 18.5 Å². The summed E-state index contributed by atoms with van der Waals surface area (Å²) >= 11 is 0. The number of hydrogen-bond acceptors (Lipinski definition) is 1. The molecule has 1 aromatic carbocycles. The van der Waals surface area contributed by atoms with E-state index in [1.807, 2.05) is 25.1 Å². The average Bonchev–Trinajstić information content (AvgIpc) is 2.59. The molecule has 1 saturated carbocycles. The molecule has 3 rings (SSSR count). The van der Waals surface area contributed by atoms with Gasteiger partial charge in [-0.05, 0) is 30.9 Å². The Labute approximate surface area is 104 Å². The fourth-order valence-corrected chi connectivity index (χ4v) is 3.13. The van der Waals surface area contributed by atoms with Gasteiger partial charge in [0.15, 0.2) is 0 Å². The predicted molar refractivity (Wildman–Crippen MR) is 64.9 cm³/mol. The standard InChI is InChI=1S/C14H15F2NO/c1-9-3-2-4-10-11(9)17-12(18)13(10)5-7-14(15,16)8-6-13/h2-4H,5-8H2,1H3,(H,17,18). The summed E-state index contributed by atoms with van der Waals surface area (Å²) in [5.74, 6) is -2.72. The van der Waals surface area contributed by atoms with Crippen molar-refractivity contribution >= 4 is 11.6 Å². The fourth-order valence-electron chi connectivity index (χ4n) is 3.13. The summed E-state index contributed by atoms with van der Waals surface area (Å²) in [5, 5.41) is 2.87. The van der Waals surface area contributed by atoms with Crippen molar-refractivity contribution in [3.8, 4) is 0 Å². The average molecular weight is 251 g/mol. The normalized spacial score (nSPS) is 23.8. The van der Waals surface area contributed by atoms with E-state index in [1.54, 1.807) is 0 Å². The lowest BCUT2D eigenvalue weighted by Gasteiger charge is -2.35. The van der Waals surface area contributed by atoms with Crippen LogP contribution >= 0.6 is 0 Å². The molecule has 2 nitrogen and oxygen atoms in total. The first-order chi connectivity index (χ1) is 8.45. The van der Waals surface area contributed by atoms with E-state index in [4.69, 9.17) is 0 Å². The Balaban J connectivity index is 2.05. The molecule has 0 bridgehead atoms. The molecule has 2 aliphatic rings. The molecule has 1 heterocycles. The zero-order chi connectivity index (χ0) is 13.0. The number of carbonyl (C=O) groups excluding carboxylic acids is 1. The monoisotopic (exact) mass is 251 g/mol. The second-order valence-electron chi connectivity index (χ2n) is 5.39. The van der Waals surface area contributed by atoms with Crippen LogP contribution in [0.2, 0.25) is 0 Å². The molecule has 1 aliphatic heterocycles. The quantitative estimate of drug-likeness (QED) is 0.752. The molecule has 1 amide bonds. The van der Waals surface area contributed by atoms with Gasteiger partial charge in [0.2, 0.25) is 11.8 Å². The van der Waals surface area contributed by atoms with Crippen molar-refractivity contribution in [2.75, 3.05) is 5.32 Å². The van der Waals surface area contributed by atoms with Gasteiger partial charge in [0.05, 0.1) is 5.41 Å². The van der Waals surface area contributed by atoms with Crippen molar-refractivity contribution in [2.24, 2.45) is 0 Å². The number of fused-ring (bicyclic) bond motifs is 2. The summed E-state index contributed by atoms with van der Waals surface area (Å²) < 4.78 is 26.6. The van der Waals surface area contributed by atoms with Crippen molar-refractivity contribution < 1.29 is 13.6 Å². The highest BCUT2D eigenvalue weighted by atomic mass is 19.3. The number of carbonyl (C=O) groups is 1. The van der Waals surface area contributed by atoms with Crippen LogP contribution in [0.15, 0.2) is 18.2 Å². The van der Waals surface area contributed by atoms with E-state index in [0.29, 0.717) is 0 Å². The highest BCUT2D eigenvalue weighted by molar-refractivity contribution is 6.07. The maximum absolute atomic E-state index is 13.3. The van der Waals surface area contributed by atoms with E-state index in [-0.39, 0.29) is 31.6 Å². The number of halogens is 2. The van der Waals surface area contributed by atoms with Gasteiger partial charge in [-0.2, -0.15) is 0 Å². The van der Waals surface area contributed by atoms with Crippen LogP contribution < -0.4 is 5.32 Å². The molecule has 0 radical (unpaired) electrons. The molecule has 1 aromatic rings. The third-order valence-corrected chi connectivity index (χ3v) is 4.30. The smallest absolute Gasteiger partial charge is 0.248 e. The van der Waals surface area contributed by atoms with Gasteiger partial charge >= 0.3 is 0 Å². The van der Waals surface area contributed by atoms with Gasteiger partial charge in [0.25, 0.3) is 0 Å². The highest BCUT2D eigenvalue weighted by Gasteiger charge is 2.52. The molecular weight excluding hydrogens is 236 g/mol. The molecule has 0 unspecified atom stereocenters. The molecule has 1 spiro atoms. The molecule has 0 saturated heterocycles. The minimum absolute atomic E-state index is 0.109. The van der Waals surface area contributed by atoms with Crippen molar-refractivity contribution in [3.63, 3.8) is 0 Å². The van der Waals surface area contributed by atoms with E-state index in [1.165, 1.54) is 0 Å². The van der Waals surface area contributed by atoms with Crippen molar-refractivity contribution in [1.29, 1.82) is 0 Å². The Hall–Kier alpha value is -1.45. The van der Waals surface area contributed by atoms with Crippen LogP contribution in [0.4, 0.5) is 14.5 Å². The summed E-state index contributed by atoms with van der Waals surface area (Å²) in [4.78, 5) is 12.2. The van der Waals surface area contributed by atoms with Crippen molar-refractivity contribution in [1.82, 2.24) is 0 Å². The summed E-state index contributed by atoms with van der Waals surface area (Å²) in [6.07, 6.45) is 0.0756. The highest BCUT2D eigenvalue weighted by Crippen LogP contribution is 2.51. The molecule has 0 atom stereocenters. The van der Waals surface area contributed by atoms with Crippen LogP contribution in [0.5, 0.6) is 0 Å². The van der Waals surface area contributed by atoms with Gasteiger partial charge in [-0.25, -0.2) is 8.78 Å². The number of nitrogens with one attached hydrogen (secondary N) is 1. The number of rotatable bonds is 0. The Morgan fingerprint density at radius 1 is 1.17 bits per heavy atom. The minimum atomic E-state index is -2.61. The zero-order valence-electron chi connectivity index (χ0n) is 10.2. The van der Waals surface area contributed by atoms with Gasteiger partial charge in [-0.15, -0.1) is 0 Å². The van der Waals surface area contributed by atoms with Crippen LogP contribution in [-0.4, -0.2) is 11.8 Å². The molecule has 96 valence electrons. The van der Waals surface area contributed by atoms with E-state index < -0.39 is 11.3 Å². The molecule has 1 N–H and O–H groups in total. The van der Waals surface area contributed by atoms with Gasteiger partial charge in [-0.1, -0.05) is 18.2 Å². The van der Waals surface area contributed by atoms with Gasteiger partial charge in [0.1, 0.15) is 0 Å². The van der Waals surface area contributed by atoms with Crippen LogP contribution in [-0.2, 0) is 10.2 Å². The predicted octanol–water partition coefficient (Wildman–Crippen LogP) is 3.39. The Morgan fingerprint density at radius 3 is 2.50 bits per heavy atom. The van der Waals surface area contributed by atoms with E-state index in [2.05, 4.69) is 5.32 Å². The van der Waals surface area contributed by atoms with Gasteiger partial charge < -0.3 is 5.32 Å². The second-order valence-corrected chi connectivity index (χ2v) is 5.39. The maximum Gasteiger partial charge on any atom is 0.248 e. The minimum Gasteiger partial charge on any atom is -0.325 e. The van der Waals surface area contributed by atoms with Crippen LogP contribution in [0.3, 0.4) is 0 Å². The largest absolute Gasteiger partial charge is 0.325 e. The Bertz CT molecular complexity index is 515. The molecule has 4 heteroatoms. The lowest BCUT2D eigenvalue weighted by atomic mass is 9.69. The summed E-state index contributed by atoms with van der Waals surface area (Å²) in [6.45, 7) is 1.93. The SMILES string of the molecule is Cc1cccc2c1NC(=O)C21CCC(F)(F)CC1. The Morgan fingerprint density at radius 2 is 1.83 bits per heavy atom. The summed E-state index contributed by atoms with van der Waals surface area (Å²) in [5.41, 5.74) is 2.01. The first kappa shape index (κ1) is 11.6. The summed E-state index contributed by atoms with van der Waals surface area (Å²) in [6, 6.07) is 5.71. The molecular formula is C14H15F2NO. The molecule has 1 aliphatic carbocycles. The fraction of sp³-hybridized carbons (Fsp3) is 0.500. The van der Waals surface area contributed by atoms with E-state index in [0.717, 1.165) is 16.8 Å². The molecule has 1 fully saturated rings. The van der Waals surface area contributed by atoms with E-state index >= 15 is 0 Å². The van der Waals surface area contributed by atoms with Crippen LogP contribution in [0, 0.1) is 6.92 Å². The number of hydrogen-bond donors (Lipinski definition) is 1. The van der Waals surface area contributed by atoms with Gasteiger partial charge in [-0.3, -0.25) is 4.79 Å². The third kappa shape index (κ3) is 1.48. The topological polar surface area (TPSA) is 29.1 Å². The number of para-hydroxylation sites is 1. The lowest BCUT2D eigenvalue weighted by Crippen LogP contribution is -2.41. The molecule has 0 aromatic heterocycles. The number of anilines is 1. The first-order valence-corrected chi connectivity index (χ1v) is 6.24. The number of aryl methyl sites for hydroxylation is 1. The van der Waals surface area contributed by atoms with Crippen molar-refractivity contribution in [3.05, 3.63) is 29.3 Å². The van der Waals surface area contributed by atoms with E-state index in [9.17, 15) is 13.6 Å². The number of amides is 1. The number of benzene rings is 1. The van der Waals surface area contributed by atoms with Crippen molar-refractivity contribution in [2.45, 2.75) is 43.9 Å². The van der Waals surface area contributed by atoms with Crippen LogP contribution in [0.1, 0.15) is 36.8 Å². The van der Waals surface area contributed by atoms with Crippen LogP contribution in [0.25, 0.3) is 0 Å². The zero-order valence-corrected chi connectivity index (χ0v) is 10.2. The lowest BCUT2D eigenvalue weighted by molar-refractivity contribution is -0.125. The second kappa shape index (κ2) is 3.53. The summed E-state index contributed by atoms with van der Waals surface area (Å²) in [7, 11) is 0. The first-order valence-electron chi connectivity index (χ1n) is 6.24. The number of alkyl halides is 2. The Kier molecular flexibility index (Phi) is 2.28. The molecule has 18 heavy (non-hydrogen) atoms. The maximum atomic E-state index is 13.3.